The fourth-order valence-electron chi connectivity index (χ4n) is 1.94. The number of aryl methyl sites for hydroxylation is 2. The standard InChI is InChI=1S/C13H13Cl2NO2S2/c1-8-3-9(2)5-10(4-8)7-16-20(17,18)11-6-12(14)19-13(11)15/h3-6,16H,7H2,1-2H3. The minimum absolute atomic E-state index is 0.0264. The van der Waals surface area contributed by atoms with E-state index < -0.39 is 10.0 Å². The molecule has 0 aliphatic carbocycles. The molecule has 108 valence electrons. The van der Waals surface area contributed by atoms with Gasteiger partial charge in [0, 0.05) is 6.54 Å². The topological polar surface area (TPSA) is 46.2 Å². The molecular weight excluding hydrogens is 337 g/mol. The summed E-state index contributed by atoms with van der Waals surface area (Å²) in [5.41, 5.74) is 3.09. The van der Waals surface area contributed by atoms with Gasteiger partial charge in [0.25, 0.3) is 0 Å². The zero-order chi connectivity index (χ0) is 14.9. The number of hydrogen-bond acceptors (Lipinski definition) is 3. The van der Waals surface area contributed by atoms with Crippen LogP contribution >= 0.6 is 34.5 Å². The molecule has 1 aromatic heterocycles. The fourth-order valence-corrected chi connectivity index (χ4v) is 5.10. The summed E-state index contributed by atoms with van der Waals surface area (Å²) in [6, 6.07) is 7.28. The normalized spacial score (nSPS) is 11.8. The van der Waals surface area contributed by atoms with Gasteiger partial charge < -0.3 is 0 Å². The molecule has 0 unspecified atom stereocenters. The third kappa shape index (κ3) is 3.74. The van der Waals surface area contributed by atoms with E-state index in [4.69, 9.17) is 23.2 Å². The molecule has 3 nitrogen and oxygen atoms in total. The number of halogens is 2. The number of sulfonamides is 1. The van der Waals surface area contributed by atoms with Crippen molar-refractivity contribution in [2.75, 3.05) is 0 Å². The van der Waals surface area contributed by atoms with Crippen molar-refractivity contribution in [1.29, 1.82) is 0 Å². The molecule has 0 radical (unpaired) electrons. The maximum atomic E-state index is 12.2. The van der Waals surface area contributed by atoms with Crippen LogP contribution < -0.4 is 4.72 Å². The average Bonchev–Trinajstić information content (AvgIpc) is 2.66. The maximum absolute atomic E-state index is 12.2. The summed E-state index contributed by atoms with van der Waals surface area (Å²) >= 11 is 12.7. The zero-order valence-electron chi connectivity index (χ0n) is 10.9. The third-order valence-corrected chi connectivity index (χ3v) is 5.82. The molecule has 0 atom stereocenters. The molecule has 1 N–H and O–H groups in total. The molecule has 0 bridgehead atoms. The molecule has 7 heteroatoms. The van der Waals surface area contributed by atoms with Gasteiger partial charge in [0.15, 0.2) is 0 Å². The van der Waals surface area contributed by atoms with E-state index in [2.05, 4.69) is 4.72 Å². The Morgan fingerprint density at radius 2 is 1.70 bits per heavy atom. The van der Waals surface area contributed by atoms with Crippen molar-refractivity contribution in [3.8, 4) is 0 Å². The highest BCUT2D eigenvalue weighted by atomic mass is 35.5. The Kier molecular flexibility index (Phi) is 4.76. The van der Waals surface area contributed by atoms with Gasteiger partial charge in [0.2, 0.25) is 10.0 Å². The second kappa shape index (κ2) is 6.03. The van der Waals surface area contributed by atoms with Crippen molar-refractivity contribution in [2.24, 2.45) is 0 Å². The van der Waals surface area contributed by atoms with Gasteiger partial charge in [0.1, 0.15) is 9.23 Å². The first-order valence-electron chi connectivity index (χ1n) is 5.79. The Hall–Kier alpha value is -0.590. The molecule has 0 aliphatic rings. The SMILES string of the molecule is Cc1cc(C)cc(CNS(=O)(=O)c2cc(Cl)sc2Cl)c1. The van der Waals surface area contributed by atoms with Crippen LogP contribution in [0.1, 0.15) is 16.7 Å². The van der Waals surface area contributed by atoms with E-state index in [1.165, 1.54) is 6.07 Å². The predicted molar refractivity (Wildman–Crippen MR) is 84.3 cm³/mol. The monoisotopic (exact) mass is 349 g/mol. The maximum Gasteiger partial charge on any atom is 0.243 e. The molecule has 0 fully saturated rings. The molecule has 20 heavy (non-hydrogen) atoms. The van der Waals surface area contributed by atoms with E-state index in [0.29, 0.717) is 4.34 Å². The van der Waals surface area contributed by atoms with Crippen LogP contribution in [0.3, 0.4) is 0 Å². The summed E-state index contributed by atoms with van der Waals surface area (Å²) in [5.74, 6) is 0. The summed E-state index contributed by atoms with van der Waals surface area (Å²) < 4.78 is 27.4. The molecule has 2 rings (SSSR count). The molecule has 1 heterocycles. The lowest BCUT2D eigenvalue weighted by molar-refractivity contribution is 0.581. The number of rotatable bonds is 4. The number of thiophene rings is 1. The molecule has 2 aromatic rings. The molecule has 0 saturated heterocycles. The first-order chi connectivity index (χ1) is 9.28. The quantitative estimate of drug-likeness (QED) is 0.900. The highest BCUT2D eigenvalue weighted by molar-refractivity contribution is 7.89. The second-order valence-electron chi connectivity index (χ2n) is 4.51. The van der Waals surface area contributed by atoms with Crippen molar-refractivity contribution in [3.05, 3.63) is 49.6 Å². The summed E-state index contributed by atoms with van der Waals surface area (Å²) in [5, 5.41) is 0. The van der Waals surface area contributed by atoms with E-state index in [1.807, 2.05) is 32.0 Å². The lowest BCUT2D eigenvalue weighted by atomic mass is 10.1. The zero-order valence-corrected chi connectivity index (χ0v) is 14.1. The fraction of sp³-hybridized carbons (Fsp3) is 0.231. The predicted octanol–water partition coefficient (Wildman–Crippen LogP) is 4.15. The van der Waals surface area contributed by atoms with Crippen molar-refractivity contribution in [1.82, 2.24) is 4.72 Å². The van der Waals surface area contributed by atoms with Crippen molar-refractivity contribution in [3.63, 3.8) is 0 Å². The van der Waals surface area contributed by atoms with E-state index in [-0.39, 0.29) is 15.8 Å². The molecular formula is C13H13Cl2NO2S2. The Morgan fingerprint density at radius 1 is 1.10 bits per heavy atom. The number of hydrogen-bond donors (Lipinski definition) is 1. The van der Waals surface area contributed by atoms with E-state index >= 15 is 0 Å². The van der Waals surface area contributed by atoms with Crippen LogP contribution in [0.25, 0.3) is 0 Å². The average molecular weight is 350 g/mol. The van der Waals surface area contributed by atoms with Gasteiger partial charge in [-0.05, 0) is 25.5 Å². The molecule has 0 saturated carbocycles. The van der Waals surface area contributed by atoms with Gasteiger partial charge in [-0.1, -0.05) is 52.5 Å². The molecule has 0 aliphatic heterocycles. The first kappa shape index (κ1) is 15.8. The van der Waals surface area contributed by atoms with Gasteiger partial charge in [-0.25, -0.2) is 13.1 Å². The lowest BCUT2D eigenvalue weighted by Gasteiger charge is -2.07. The lowest BCUT2D eigenvalue weighted by Crippen LogP contribution is -2.23. The third-order valence-electron chi connectivity index (χ3n) is 2.66. The van der Waals surface area contributed by atoms with Gasteiger partial charge in [-0.3, -0.25) is 0 Å². The van der Waals surface area contributed by atoms with Gasteiger partial charge in [0.05, 0.1) is 4.34 Å². The van der Waals surface area contributed by atoms with Crippen LogP contribution in [0.4, 0.5) is 0 Å². The summed E-state index contributed by atoms with van der Waals surface area (Å²) in [6.07, 6.45) is 0. The molecule has 0 amide bonds. The van der Waals surface area contributed by atoms with Crippen LogP contribution in [0.15, 0.2) is 29.2 Å². The molecule has 0 spiro atoms. The van der Waals surface area contributed by atoms with Crippen molar-refractivity contribution >= 4 is 44.6 Å². The summed E-state index contributed by atoms with van der Waals surface area (Å²) in [6.45, 7) is 4.16. The van der Waals surface area contributed by atoms with Crippen LogP contribution in [0.2, 0.25) is 8.67 Å². The highest BCUT2D eigenvalue weighted by Crippen LogP contribution is 2.34. The number of nitrogens with one attached hydrogen (secondary N) is 1. The minimum atomic E-state index is -3.65. The van der Waals surface area contributed by atoms with E-state index in [1.54, 1.807) is 0 Å². The summed E-state index contributed by atoms with van der Waals surface area (Å²) in [4.78, 5) is 0.0264. The Morgan fingerprint density at radius 3 is 2.20 bits per heavy atom. The smallest absolute Gasteiger partial charge is 0.207 e. The van der Waals surface area contributed by atoms with Gasteiger partial charge in [-0.2, -0.15) is 0 Å². The first-order valence-corrected chi connectivity index (χ1v) is 8.85. The Labute approximate surface area is 132 Å². The highest BCUT2D eigenvalue weighted by Gasteiger charge is 2.20. The number of benzene rings is 1. The largest absolute Gasteiger partial charge is 0.243 e. The van der Waals surface area contributed by atoms with Crippen LogP contribution in [0, 0.1) is 13.8 Å². The van der Waals surface area contributed by atoms with Crippen LogP contribution in [0.5, 0.6) is 0 Å². The minimum Gasteiger partial charge on any atom is -0.207 e. The van der Waals surface area contributed by atoms with Crippen LogP contribution in [-0.4, -0.2) is 8.42 Å². The van der Waals surface area contributed by atoms with Gasteiger partial charge in [-0.15, -0.1) is 11.3 Å². The van der Waals surface area contributed by atoms with E-state index in [9.17, 15) is 8.42 Å². The second-order valence-corrected chi connectivity index (χ2v) is 8.53. The van der Waals surface area contributed by atoms with Crippen molar-refractivity contribution < 1.29 is 8.42 Å². The van der Waals surface area contributed by atoms with Crippen molar-refractivity contribution in [2.45, 2.75) is 25.3 Å². The summed E-state index contributed by atoms with van der Waals surface area (Å²) in [7, 11) is -3.65. The molecule has 1 aromatic carbocycles. The Balaban J connectivity index is 2.19. The van der Waals surface area contributed by atoms with Gasteiger partial charge >= 0.3 is 0 Å². The van der Waals surface area contributed by atoms with E-state index in [0.717, 1.165) is 28.0 Å². The Bertz CT molecular complexity index is 719. The van der Waals surface area contributed by atoms with Crippen LogP contribution in [-0.2, 0) is 16.6 Å².